The molecule has 4 rings (SSSR count). The van der Waals surface area contributed by atoms with Crippen LogP contribution in [0, 0.1) is 5.92 Å². The van der Waals surface area contributed by atoms with Gasteiger partial charge in [0.05, 0.1) is 0 Å². The minimum absolute atomic E-state index is 0.0109. The predicted molar refractivity (Wildman–Crippen MR) is 112 cm³/mol. The highest BCUT2D eigenvalue weighted by Crippen LogP contribution is 2.33. The van der Waals surface area contributed by atoms with Crippen molar-refractivity contribution in [3.8, 4) is 11.1 Å². The van der Waals surface area contributed by atoms with Crippen LogP contribution in [0.15, 0.2) is 36.5 Å². The molecule has 0 spiro atoms. The summed E-state index contributed by atoms with van der Waals surface area (Å²) in [5.41, 5.74) is 2.68. The third-order valence-corrected chi connectivity index (χ3v) is 6.55. The zero-order valence-corrected chi connectivity index (χ0v) is 17.1. The second kappa shape index (κ2) is 8.54. The van der Waals surface area contributed by atoms with Crippen molar-refractivity contribution in [2.24, 2.45) is 5.92 Å². The zero-order valence-electron chi connectivity index (χ0n) is 16.3. The minimum atomic E-state index is -1.05. The van der Waals surface area contributed by atoms with Crippen molar-refractivity contribution in [2.45, 2.75) is 51.0 Å². The molecule has 1 aromatic heterocycles. The van der Waals surface area contributed by atoms with Gasteiger partial charge in [-0.05, 0) is 48.9 Å². The highest BCUT2D eigenvalue weighted by molar-refractivity contribution is 6.31. The lowest BCUT2D eigenvalue weighted by molar-refractivity contribution is -0.133. The van der Waals surface area contributed by atoms with E-state index in [1.165, 1.54) is 31.5 Å². The number of carbonyl (C=O) groups excluding carboxylic acids is 1. The molecule has 2 aromatic rings. The number of halogens is 1. The number of carbonyl (C=O) groups is 2. The van der Waals surface area contributed by atoms with Crippen molar-refractivity contribution in [3.63, 3.8) is 0 Å². The molecule has 5 nitrogen and oxygen atoms in total. The van der Waals surface area contributed by atoms with E-state index in [1.54, 1.807) is 6.07 Å². The van der Waals surface area contributed by atoms with Gasteiger partial charge in [0.1, 0.15) is 5.69 Å². The first-order chi connectivity index (χ1) is 14.0. The number of rotatable bonds is 5. The van der Waals surface area contributed by atoms with Crippen LogP contribution in [0.25, 0.3) is 11.1 Å². The van der Waals surface area contributed by atoms with Crippen molar-refractivity contribution in [1.82, 2.24) is 9.88 Å². The fraction of sp³-hybridized carbons (Fsp3) is 0.435. The number of aromatic carboxylic acids is 1. The third-order valence-electron chi connectivity index (χ3n) is 6.20. The molecule has 1 saturated carbocycles. The lowest BCUT2D eigenvalue weighted by Crippen LogP contribution is -2.39. The standard InChI is InChI=1S/C23H25ClN2O3/c24-20-13-15(18-8-9-21(23(28)29)25-14-18)6-7-16(20)12-17-10-11-26(22(17)27)19-4-2-1-3-5-19/h6-9,13-14,17,19H,1-5,10-12H2,(H,28,29). The number of likely N-dealkylation sites (tertiary alicyclic amines) is 1. The molecule has 1 N–H and O–H groups in total. The maximum atomic E-state index is 12.9. The third kappa shape index (κ3) is 4.30. The number of carboxylic acids is 1. The van der Waals surface area contributed by atoms with Gasteiger partial charge in [0, 0.05) is 35.3 Å². The molecule has 0 radical (unpaired) electrons. The summed E-state index contributed by atoms with van der Waals surface area (Å²) in [5.74, 6) is -0.754. The van der Waals surface area contributed by atoms with E-state index in [0.717, 1.165) is 42.5 Å². The Kier molecular flexibility index (Phi) is 5.86. The summed E-state index contributed by atoms with van der Waals surface area (Å²) in [6.07, 6.45) is 9.13. The summed E-state index contributed by atoms with van der Waals surface area (Å²) in [5, 5.41) is 9.60. The number of aromatic nitrogens is 1. The maximum Gasteiger partial charge on any atom is 0.354 e. The van der Waals surface area contributed by atoms with Crippen LogP contribution in [0.3, 0.4) is 0 Å². The van der Waals surface area contributed by atoms with E-state index in [4.69, 9.17) is 16.7 Å². The topological polar surface area (TPSA) is 70.5 Å². The molecule has 152 valence electrons. The first-order valence-electron chi connectivity index (χ1n) is 10.3. The van der Waals surface area contributed by atoms with Gasteiger partial charge in [-0.3, -0.25) is 4.79 Å². The number of hydrogen-bond donors (Lipinski definition) is 1. The number of benzene rings is 1. The number of pyridine rings is 1. The highest BCUT2D eigenvalue weighted by atomic mass is 35.5. The molecule has 2 heterocycles. The molecule has 1 aliphatic heterocycles. The average Bonchev–Trinajstić information content (AvgIpc) is 3.10. The number of carboxylic acid groups (broad SMARTS) is 1. The second-order valence-corrected chi connectivity index (χ2v) is 8.46. The number of amides is 1. The summed E-state index contributed by atoms with van der Waals surface area (Å²) in [4.78, 5) is 29.9. The Balaban J connectivity index is 1.44. The molecule has 6 heteroatoms. The molecule has 1 aliphatic carbocycles. The number of nitrogens with zero attached hydrogens (tertiary/aromatic N) is 2. The minimum Gasteiger partial charge on any atom is -0.477 e. The molecule has 1 aromatic carbocycles. The van der Waals surface area contributed by atoms with Gasteiger partial charge in [0.25, 0.3) is 0 Å². The van der Waals surface area contributed by atoms with Gasteiger partial charge in [-0.1, -0.05) is 49.1 Å². The van der Waals surface area contributed by atoms with Crippen LogP contribution in [0.1, 0.15) is 54.6 Å². The first kappa shape index (κ1) is 19.9. The van der Waals surface area contributed by atoms with E-state index in [-0.39, 0.29) is 17.5 Å². The Morgan fingerprint density at radius 3 is 2.52 bits per heavy atom. The van der Waals surface area contributed by atoms with Crippen LogP contribution in [0.2, 0.25) is 5.02 Å². The summed E-state index contributed by atoms with van der Waals surface area (Å²) in [6, 6.07) is 9.43. The summed E-state index contributed by atoms with van der Waals surface area (Å²) in [6.45, 7) is 0.867. The Labute approximate surface area is 175 Å². The molecule has 2 fully saturated rings. The van der Waals surface area contributed by atoms with Crippen molar-refractivity contribution in [2.75, 3.05) is 6.54 Å². The summed E-state index contributed by atoms with van der Waals surface area (Å²) >= 11 is 6.53. The Morgan fingerprint density at radius 2 is 1.86 bits per heavy atom. The summed E-state index contributed by atoms with van der Waals surface area (Å²) in [7, 11) is 0. The second-order valence-electron chi connectivity index (χ2n) is 8.06. The molecule has 1 saturated heterocycles. The Morgan fingerprint density at radius 1 is 1.10 bits per heavy atom. The van der Waals surface area contributed by atoms with Gasteiger partial charge in [-0.25, -0.2) is 9.78 Å². The molecule has 1 amide bonds. The molecule has 1 atom stereocenters. The average molecular weight is 413 g/mol. The Bertz CT molecular complexity index is 907. The fourth-order valence-corrected chi connectivity index (χ4v) is 4.81. The van der Waals surface area contributed by atoms with Gasteiger partial charge in [-0.15, -0.1) is 0 Å². The van der Waals surface area contributed by atoms with Crippen LogP contribution in [0.5, 0.6) is 0 Å². The van der Waals surface area contributed by atoms with Crippen molar-refractivity contribution >= 4 is 23.5 Å². The lowest BCUT2D eigenvalue weighted by atomic mass is 9.93. The molecule has 29 heavy (non-hydrogen) atoms. The summed E-state index contributed by atoms with van der Waals surface area (Å²) < 4.78 is 0. The largest absolute Gasteiger partial charge is 0.477 e. The van der Waals surface area contributed by atoms with E-state index in [0.29, 0.717) is 17.5 Å². The number of hydrogen-bond acceptors (Lipinski definition) is 3. The first-order valence-corrected chi connectivity index (χ1v) is 10.7. The van der Waals surface area contributed by atoms with E-state index in [9.17, 15) is 9.59 Å². The van der Waals surface area contributed by atoms with Gasteiger partial charge in [-0.2, -0.15) is 0 Å². The van der Waals surface area contributed by atoms with Crippen molar-refractivity contribution in [1.29, 1.82) is 0 Å². The van der Waals surface area contributed by atoms with E-state index < -0.39 is 5.97 Å². The zero-order chi connectivity index (χ0) is 20.4. The highest BCUT2D eigenvalue weighted by Gasteiger charge is 2.36. The van der Waals surface area contributed by atoms with Crippen LogP contribution in [-0.2, 0) is 11.2 Å². The van der Waals surface area contributed by atoms with Crippen molar-refractivity contribution < 1.29 is 14.7 Å². The van der Waals surface area contributed by atoms with Gasteiger partial charge < -0.3 is 10.0 Å². The fourth-order valence-electron chi connectivity index (χ4n) is 4.56. The lowest BCUT2D eigenvalue weighted by Gasteiger charge is -2.31. The Hall–Kier alpha value is -2.40. The quantitative estimate of drug-likeness (QED) is 0.763. The monoisotopic (exact) mass is 412 g/mol. The molecular weight excluding hydrogens is 388 g/mol. The molecular formula is C23H25ClN2O3. The predicted octanol–water partition coefficient (Wildman–Crippen LogP) is 4.82. The SMILES string of the molecule is O=C(O)c1ccc(-c2ccc(CC3CCN(C4CCCCC4)C3=O)c(Cl)c2)cn1. The van der Waals surface area contributed by atoms with E-state index in [2.05, 4.69) is 9.88 Å². The normalized spacial score (nSPS) is 20.2. The van der Waals surface area contributed by atoms with Gasteiger partial charge >= 0.3 is 5.97 Å². The molecule has 0 bridgehead atoms. The van der Waals surface area contributed by atoms with Crippen molar-refractivity contribution in [3.05, 3.63) is 52.8 Å². The van der Waals surface area contributed by atoms with Crippen LogP contribution < -0.4 is 0 Å². The maximum absolute atomic E-state index is 12.9. The molecule has 1 unspecified atom stereocenters. The van der Waals surface area contributed by atoms with Gasteiger partial charge in [0.15, 0.2) is 0 Å². The van der Waals surface area contributed by atoms with Crippen LogP contribution >= 0.6 is 11.6 Å². The van der Waals surface area contributed by atoms with E-state index in [1.807, 2.05) is 18.2 Å². The molecule has 2 aliphatic rings. The van der Waals surface area contributed by atoms with Crippen LogP contribution in [-0.4, -0.2) is 39.5 Å². The van der Waals surface area contributed by atoms with Crippen LogP contribution in [0.4, 0.5) is 0 Å². The van der Waals surface area contributed by atoms with E-state index >= 15 is 0 Å². The van der Waals surface area contributed by atoms with Gasteiger partial charge in [0.2, 0.25) is 5.91 Å². The smallest absolute Gasteiger partial charge is 0.354 e.